The first kappa shape index (κ1) is 15.1. The number of nitrogens with one attached hydrogen (secondary N) is 1. The molecule has 1 rings (SSSR count). The van der Waals surface area contributed by atoms with E-state index < -0.39 is 15.6 Å². The molecule has 18 heavy (non-hydrogen) atoms. The molecule has 0 aliphatic heterocycles. The van der Waals surface area contributed by atoms with Gasteiger partial charge in [0.15, 0.2) is 0 Å². The van der Waals surface area contributed by atoms with Crippen LogP contribution in [0.1, 0.15) is 31.4 Å². The molecule has 0 fully saturated rings. The summed E-state index contributed by atoms with van der Waals surface area (Å²) in [5.41, 5.74) is 0.956. The molecular formula is C13H21NO3S. The summed E-state index contributed by atoms with van der Waals surface area (Å²) in [6.07, 6.45) is 0.372. The summed E-state index contributed by atoms with van der Waals surface area (Å²) < 4.78 is 27.2. The third-order valence-corrected chi connectivity index (χ3v) is 4.62. The lowest BCUT2D eigenvalue weighted by Crippen LogP contribution is -2.44. The number of rotatable bonds is 5. The summed E-state index contributed by atoms with van der Waals surface area (Å²) in [5, 5.41) is 8.93. The Labute approximate surface area is 109 Å². The highest BCUT2D eigenvalue weighted by Gasteiger charge is 2.26. The third-order valence-electron chi connectivity index (χ3n) is 2.78. The molecule has 0 atom stereocenters. The fourth-order valence-electron chi connectivity index (χ4n) is 1.75. The first-order chi connectivity index (χ1) is 8.18. The van der Waals surface area contributed by atoms with Crippen molar-refractivity contribution in [2.24, 2.45) is 0 Å². The van der Waals surface area contributed by atoms with Crippen LogP contribution in [0.4, 0.5) is 0 Å². The van der Waals surface area contributed by atoms with Gasteiger partial charge in [-0.05, 0) is 51.3 Å². The van der Waals surface area contributed by atoms with E-state index in [0.29, 0.717) is 16.9 Å². The zero-order chi connectivity index (χ0) is 14.0. The number of hydrogen-bond acceptors (Lipinski definition) is 3. The van der Waals surface area contributed by atoms with Gasteiger partial charge in [-0.3, -0.25) is 0 Å². The number of benzene rings is 1. The van der Waals surface area contributed by atoms with Crippen molar-refractivity contribution >= 4 is 10.0 Å². The molecule has 102 valence electrons. The van der Waals surface area contributed by atoms with Crippen molar-refractivity contribution in [3.8, 4) is 0 Å². The molecule has 1 aromatic carbocycles. The smallest absolute Gasteiger partial charge is 0.241 e. The van der Waals surface area contributed by atoms with Crippen LogP contribution in [0.15, 0.2) is 23.1 Å². The SMILES string of the molecule is Cc1ccc(C)c(S(=O)(=O)NC(C)(C)CCO)c1. The van der Waals surface area contributed by atoms with Crippen LogP contribution in [0.3, 0.4) is 0 Å². The summed E-state index contributed by atoms with van der Waals surface area (Å²) in [5.74, 6) is 0. The maximum absolute atomic E-state index is 12.3. The van der Waals surface area contributed by atoms with Gasteiger partial charge < -0.3 is 5.11 Å². The molecule has 0 aliphatic rings. The Morgan fingerprint density at radius 2 is 1.89 bits per heavy atom. The summed E-state index contributed by atoms with van der Waals surface area (Å²) in [7, 11) is -3.55. The predicted octanol–water partition coefficient (Wildman–Crippen LogP) is 1.74. The van der Waals surface area contributed by atoms with E-state index in [4.69, 9.17) is 5.11 Å². The summed E-state index contributed by atoms with van der Waals surface area (Å²) in [6, 6.07) is 5.34. The second kappa shape index (κ2) is 5.38. The van der Waals surface area contributed by atoms with Crippen molar-refractivity contribution < 1.29 is 13.5 Å². The first-order valence-electron chi connectivity index (χ1n) is 5.90. The largest absolute Gasteiger partial charge is 0.396 e. The molecule has 0 saturated heterocycles. The van der Waals surface area contributed by atoms with Crippen LogP contribution in [0.25, 0.3) is 0 Å². The zero-order valence-electron chi connectivity index (χ0n) is 11.3. The molecule has 0 heterocycles. The van der Waals surface area contributed by atoms with Gasteiger partial charge in [0.2, 0.25) is 10.0 Å². The first-order valence-corrected chi connectivity index (χ1v) is 7.38. The highest BCUT2D eigenvalue weighted by molar-refractivity contribution is 7.89. The second-order valence-electron chi connectivity index (χ2n) is 5.23. The highest BCUT2D eigenvalue weighted by atomic mass is 32.2. The lowest BCUT2D eigenvalue weighted by Gasteiger charge is -2.25. The average molecular weight is 271 g/mol. The molecule has 1 aromatic rings. The average Bonchev–Trinajstić information content (AvgIpc) is 2.19. The quantitative estimate of drug-likeness (QED) is 0.857. The normalized spacial score (nSPS) is 12.7. The monoisotopic (exact) mass is 271 g/mol. The maximum atomic E-state index is 12.3. The van der Waals surface area contributed by atoms with Crippen molar-refractivity contribution in [3.05, 3.63) is 29.3 Å². The molecule has 0 radical (unpaired) electrons. The summed E-state index contributed by atoms with van der Waals surface area (Å²) >= 11 is 0. The Hall–Kier alpha value is -0.910. The molecule has 0 aromatic heterocycles. The van der Waals surface area contributed by atoms with E-state index in [1.165, 1.54) is 0 Å². The van der Waals surface area contributed by atoms with E-state index in [1.807, 2.05) is 13.0 Å². The maximum Gasteiger partial charge on any atom is 0.241 e. The molecular weight excluding hydrogens is 250 g/mol. The molecule has 0 amide bonds. The number of sulfonamides is 1. The molecule has 0 saturated carbocycles. The van der Waals surface area contributed by atoms with Gasteiger partial charge in [0.25, 0.3) is 0 Å². The number of aliphatic hydroxyl groups is 1. The van der Waals surface area contributed by atoms with Crippen LogP contribution >= 0.6 is 0 Å². The molecule has 0 spiro atoms. The molecule has 0 aliphatic carbocycles. The Bertz CT molecular complexity index is 521. The highest BCUT2D eigenvalue weighted by Crippen LogP contribution is 2.19. The second-order valence-corrected chi connectivity index (χ2v) is 6.88. The molecule has 0 bridgehead atoms. The van der Waals surface area contributed by atoms with Gasteiger partial charge in [-0.2, -0.15) is 0 Å². The van der Waals surface area contributed by atoms with Gasteiger partial charge >= 0.3 is 0 Å². The minimum atomic E-state index is -3.55. The summed E-state index contributed by atoms with van der Waals surface area (Å²) in [6.45, 7) is 7.09. The van der Waals surface area contributed by atoms with E-state index in [9.17, 15) is 8.42 Å². The van der Waals surface area contributed by atoms with E-state index in [0.717, 1.165) is 5.56 Å². The van der Waals surface area contributed by atoms with Gasteiger partial charge in [-0.25, -0.2) is 13.1 Å². The minimum absolute atomic E-state index is 0.0533. The molecule has 2 N–H and O–H groups in total. The zero-order valence-corrected chi connectivity index (χ0v) is 12.1. The number of aliphatic hydroxyl groups excluding tert-OH is 1. The van der Waals surface area contributed by atoms with Crippen molar-refractivity contribution in [1.82, 2.24) is 4.72 Å². The minimum Gasteiger partial charge on any atom is -0.396 e. The Balaban J connectivity index is 3.11. The van der Waals surface area contributed by atoms with Gasteiger partial charge in [0, 0.05) is 12.1 Å². The molecule has 5 heteroatoms. The van der Waals surface area contributed by atoms with Crippen LogP contribution in [0.5, 0.6) is 0 Å². The lowest BCUT2D eigenvalue weighted by molar-refractivity contribution is 0.245. The van der Waals surface area contributed by atoms with Crippen LogP contribution < -0.4 is 4.72 Å². The van der Waals surface area contributed by atoms with Crippen molar-refractivity contribution in [3.63, 3.8) is 0 Å². The van der Waals surface area contributed by atoms with E-state index in [1.54, 1.807) is 32.9 Å². The predicted molar refractivity (Wildman–Crippen MR) is 72.0 cm³/mol. The molecule has 0 unspecified atom stereocenters. The number of aryl methyl sites for hydroxylation is 2. The summed E-state index contributed by atoms with van der Waals surface area (Å²) in [4.78, 5) is 0.300. The fourth-order valence-corrected chi connectivity index (χ4v) is 3.52. The van der Waals surface area contributed by atoms with Crippen LogP contribution in [0.2, 0.25) is 0 Å². The van der Waals surface area contributed by atoms with Gasteiger partial charge in [-0.15, -0.1) is 0 Å². The standard InChI is InChI=1S/C13H21NO3S/c1-10-5-6-11(2)12(9-10)18(16,17)14-13(3,4)7-8-15/h5-6,9,14-15H,7-8H2,1-4H3. The van der Waals surface area contributed by atoms with Crippen molar-refractivity contribution in [1.29, 1.82) is 0 Å². The Morgan fingerprint density at radius 1 is 1.28 bits per heavy atom. The van der Waals surface area contributed by atoms with Crippen molar-refractivity contribution in [2.75, 3.05) is 6.61 Å². The van der Waals surface area contributed by atoms with Gasteiger partial charge in [0.05, 0.1) is 4.90 Å². The van der Waals surface area contributed by atoms with E-state index in [2.05, 4.69) is 4.72 Å². The topological polar surface area (TPSA) is 66.4 Å². The van der Waals surface area contributed by atoms with Gasteiger partial charge in [0.1, 0.15) is 0 Å². The Kier molecular flexibility index (Phi) is 4.53. The number of hydrogen-bond donors (Lipinski definition) is 2. The molecule has 4 nitrogen and oxygen atoms in total. The fraction of sp³-hybridized carbons (Fsp3) is 0.538. The van der Waals surface area contributed by atoms with Crippen LogP contribution in [-0.4, -0.2) is 25.7 Å². The third kappa shape index (κ3) is 3.80. The van der Waals surface area contributed by atoms with Crippen LogP contribution in [-0.2, 0) is 10.0 Å². The van der Waals surface area contributed by atoms with Gasteiger partial charge in [-0.1, -0.05) is 12.1 Å². The lowest BCUT2D eigenvalue weighted by atomic mass is 10.0. The van der Waals surface area contributed by atoms with Crippen LogP contribution in [0, 0.1) is 13.8 Å². The van der Waals surface area contributed by atoms with E-state index in [-0.39, 0.29) is 6.61 Å². The van der Waals surface area contributed by atoms with Crippen molar-refractivity contribution in [2.45, 2.75) is 44.6 Å². The Morgan fingerprint density at radius 3 is 2.44 bits per heavy atom. The van der Waals surface area contributed by atoms with E-state index >= 15 is 0 Å².